The van der Waals surface area contributed by atoms with Crippen molar-refractivity contribution in [2.75, 3.05) is 23.8 Å². The van der Waals surface area contributed by atoms with E-state index < -0.39 is 5.97 Å². The highest BCUT2D eigenvalue weighted by Gasteiger charge is 2.23. The van der Waals surface area contributed by atoms with E-state index in [9.17, 15) is 9.59 Å². The largest absolute Gasteiger partial charge is 0.478 e. The summed E-state index contributed by atoms with van der Waals surface area (Å²) >= 11 is 0. The van der Waals surface area contributed by atoms with Crippen LogP contribution >= 0.6 is 0 Å². The Hall–Kier alpha value is -2.30. The van der Waals surface area contributed by atoms with E-state index in [1.165, 1.54) is 6.08 Å². The van der Waals surface area contributed by atoms with E-state index in [0.717, 1.165) is 29.4 Å². The molecule has 0 aliphatic carbocycles. The number of nitrogens with one attached hydrogen (secondary N) is 1. The molecule has 0 radical (unpaired) electrons. The molecule has 0 saturated carbocycles. The third-order valence-electron chi connectivity index (χ3n) is 3.12. The highest BCUT2D eigenvalue weighted by atomic mass is 16.4. The lowest BCUT2D eigenvalue weighted by Gasteiger charge is -2.28. The van der Waals surface area contributed by atoms with Gasteiger partial charge >= 0.3 is 5.97 Å². The first-order chi connectivity index (χ1) is 9.11. The number of hydrogen-bond acceptors (Lipinski definition) is 3. The van der Waals surface area contributed by atoms with Crippen LogP contribution in [0.2, 0.25) is 0 Å². The van der Waals surface area contributed by atoms with Gasteiger partial charge in [0.1, 0.15) is 0 Å². The number of aliphatic carboxylic acids is 1. The number of benzene rings is 1. The molecule has 19 heavy (non-hydrogen) atoms. The first-order valence-corrected chi connectivity index (χ1v) is 6.12. The molecule has 1 amide bonds. The second-order valence-corrected chi connectivity index (χ2v) is 4.34. The number of rotatable bonds is 4. The number of carbonyl (C=O) groups is 2. The van der Waals surface area contributed by atoms with Gasteiger partial charge in [0, 0.05) is 37.5 Å². The molecule has 0 bridgehead atoms. The van der Waals surface area contributed by atoms with Crippen LogP contribution in [0.4, 0.5) is 11.4 Å². The number of hydrogen-bond donors (Lipinski definition) is 2. The van der Waals surface area contributed by atoms with Crippen molar-refractivity contribution in [3.8, 4) is 0 Å². The minimum Gasteiger partial charge on any atom is -0.478 e. The van der Waals surface area contributed by atoms with Gasteiger partial charge in [-0.25, -0.2) is 4.79 Å². The average Bonchev–Trinajstić information content (AvgIpc) is 2.40. The highest BCUT2D eigenvalue weighted by Crippen LogP contribution is 2.30. The van der Waals surface area contributed by atoms with Crippen LogP contribution < -0.4 is 10.2 Å². The predicted molar refractivity (Wildman–Crippen MR) is 73.4 cm³/mol. The zero-order valence-electron chi connectivity index (χ0n) is 10.7. The number of anilines is 2. The van der Waals surface area contributed by atoms with E-state index in [-0.39, 0.29) is 12.5 Å². The summed E-state index contributed by atoms with van der Waals surface area (Å²) < 4.78 is 0. The summed E-state index contributed by atoms with van der Waals surface area (Å²) in [7, 11) is 1.85. The lowest BCUT2D eigenvalue weighted by molar-refractivity contribution is -0.131. The normalized spacial score (nSPS) is 14.6. The van der Waals surface area contributed by atoms with Gasteiger partial charge in [0.15, 0.2) is 0 Å². The van der Waals surface area contributed by atoms with E-state index >= 15 is 0 Å². The number of carbonyl (C=O) groups excluding carboxylic acids is 1. The molecule has 2 N–H and O–H groups in total. The van der Waals surface area contributed by atoms with Gasteiger partial charge in [-0.05, 0) is 30.2 Å². The maximum Gasteiger partial charge on any atom is 0.328 e. The van der Waals surface area contributed by atoms with E-state index in [4.69, 9.17) is 5.11 Å². The first kappa shape index (κ1) is 13.1. The molecule has 1 aliphatic heterocycles. The number of amides is 1. The summed E-state index contributed by atoms with van der Waals surface area (Å²) in [6, 6.07) is 5.83. The van der Waals surface area contributed by atoms with E-state index in [0.29, 0.717) is 6.42 Å². The van der Waals surface area contributed by atoms with Gasteiger partial charge < -0.3 is 15.3 Å². The zero-order chi connectivity index (χ0) is 13.8. The summed E-state index contributed by atoms with van der Waals surface area (Å²) in [6.07, 6.45) is 3.73. The van der Waals surface area contributed by atoms with E-state index in [1.807, 2.05) is 25.2 Å². The molecule has 1 aliphatic rings. The van der Waals surface area contributed by atoms with Gasteiger partial charge in [0.2, 0.25) is 5.91 Å². The molecule has 2 rings (SSSR count). The third-order valence-corrected chi connectivity index (χ3v) is 3.12. The molecule has 0 saturated heterocycles. The Morgan fingerprint density at radius 1 is 1.47 bits per heavy atom. The SMILES string of the molecule is CNc1ccc2c(c1)CCC(=O)N2C/C=C/C(=O)O. The Bertz CT molecular complexity index is 537. The quantitative estimate of drug-likeness (QED) is 0.808. The first-order valence-electron chi connectivity index (χ1n) is 6.12. The second-order valence-electron chi connectivity index (χ2n) is 4.34. The Morgan fingerprint density at radius 2 is 2.26 bits per heavy atom. The monoisotopic (exact) mass is 260 g/mol. The number of nitrogens with zero attached hydrogens (tertiary/aromatic N) is 1. The molecule has 1 aromatic rings. The topological polar surface area (TPSA) is 69.6 Å². The fourth-order valence-electron chi connectivity index (χ4n) is 2.17. The standard InChI is InChI=1S/C14H16N2O3/c1-15-11-5-6-12-10(9-11)4-7-13(17)16(12)8-2-3-14(18)19/h2-3,5-6,9,15H,4,7-8H2,1H3,(H,18,19)/b3-2+. The fourth-order valence-corrected chi connectivity index (χ4v) is 2.17. The zero-order valence-corrected chi connectivity index (χ0v) is 10.7. The number of fused-ring (bicyclic) bond motifs is 1. The third kappa shape index (κ3) is 2.93. The number of aryl methyl sites for hydroxylation is 1. The van der Waals surface area contributed by atoms with Gasteiger partial charge in [-0.15, -0.1) is 0 Å². The van der Waals surface area contributed by atoms with Crippen molar-refractivity contribution in [2.24, 2.45) is 0 Å². The Labute approximate surface area is 111 Å². The number of carboxylic acid groups (broad SMARTS) is 1. The molecule has 5 heteroatoms. The maximum atomic E-state index is 11.9. The molecule has 1 aromatic carbocycles. The second kappa shape index (κ2) is 5.56. The van der Waals surface area contributed by atoms with Crippen LogP contribution in [0.15, 0.2) is 30.4 Å². The fraction of sp³-hybridized carbons (Fsp3) is 0.286. The molecule has 0 atom stereocenters. The summed E-state index contributed by atoms with van der Waals surface area (Å²) in [5.74, 6) is -0.977. The van der Waals surface area contributed by atoms with Crippen LogP contribution in [0.5, 0.6) is 0 Å². The van der Waals surface area contributed by atoms with Gasteiger partial charge in [-0.2, -0.15) is 0 Å². The van der Waals surface area contributed by atoms with Crippen LogP contribution in [-0.4, -0.2) is 30.6 Å². The van der Waals surface area contributed by atoms with Gasteiger partial charge in [-0.3, -0.25) is 4.79 Å². The Kier molecular flexibility index (Phi) is 3.85. The Morgan fingerprint density at radius 3 is 2.95 bits per heavy atom. The molecule has 100 valence electrons. The van der Waals surface area contributed by atoms with Crippen molar-refractivity contribution in [3.63, 3.8) is 0 Å². The van der Waals surface area contributed by atoms with Crippen LogP contribution in [0.25, 0.3) is 0 Å². The smallest absolute Gasteiger partial charge is 0.328 e. The Balaban J connectivity index is 2.25. The molecule has 0 aromatic heterocycles. The lowest BCUT2D eigenvalue weighted by Crippen LogP contribution is -2.35. The van der Waals surface area contributed by atoms with Crippen molar-refractivity contribution in [3.05, 3.63) is 35.9 Å². The summed E-state index contributed by atoms with van der Waals surface area (Å²) in [5, 5.41) is 11.6. The van der Waals surface area contributed by atoms with Crippen molar-refractivity contribution in [1.29, 1.82) is 0 Å². The van der Waals surface area contributed by atoms with Crippen molar-refractivity contribution >= 4 is 23.3 Å². The van der Waals surface area contributed by atoms with Crippen LogP contribution in [0.1, 0.15) is 12.0 Å². The summed E-state index contributed by atoms with van der Waals surface area (Å²) in [4.78, 5) is 24.0. The van der Waals surface area contributed by atoms with Crippen molar-refractivity contribution < 1.29 is 14.7 Å². The van der Waals surface area contributed by atoms with E-state index in [1.54, 1.807) is 4.90 Å². The molecular weight excluding hydrogens is 244 g/mol. The van der Waals surface area contributed by atoms with E-state index in [2.05, 4.69) is 5.32 Å². The minimum absolute atomic E-state index is 0.0275. The summed E-state index contributed by atoms with van der Waals surface area (Å²) in [5.41, 5.74) is 2.98. The summed E-state index contributed by atoms with van der Waals surface area (Å²) in [6.45, 7) is 0.289. The van der Waals surface area contributed by atoms with Crippen LogP contribution in [-0.2, 0) is 16.0 Å². The molecule has 1 heterocycles. The van der Waals surface area contributed by atoms with Gasteiger partial charge in [0.05, 0.1) is 0 Å². The van der Waals surface area contributed by atoms with Crippen molar-refractivity contribution in [2.45, 2.75) is 12.8 Å². The molecule has 5 nitrogen and oxygen atoms in total. The average molecular weight is 260 g/mol. The molecule has 0 spiro atoms. The molecular formula is C14H16N2O3. The lowest BCUT2D eigenvalue weighted by atomic mass is 10.0. The van der Waals surface area contributed by atoms with Crippen LogP contribution in [0, 0.1) is 0 Å². The maximum absolute atomic E-state index is 11.9. The number of carboxylic acids is 1. The predicted octanol–water partition coefficient (Wildman–Crippen LogP) is 1.65. The van der Waals surface area contributed by atoms with Crippen molar-refractivity contribution in [1.82, 2.24) is 0 Å². The highest BCUT2D eigenvalue weighted by molar-refractivity contribution is 5.97. The minimum atomic E-state index is -1.00. The van der Waals surface area contributed by atoms with Crippen LogP contribution in [0.3, 0.4) is 0 Å². The van der Waals surface area contributed by atoms with Gasteiger partial charge in [-0.1, -0.05) is 6.08 Å². The molecule has 0 fully saturated rings. The molecule has 0 unspecified atom stereocenters. The van der Waals surface area contributed by atoms with Gasteiger partial charge in [0.25, 0.3) is 0 Å².